The van der Waals surface area contributed by atoms with Crippen molar-refractivity contribution in [2.75, 3.05) is 20.2 Å². The van der Waals surface area contributed by atoms with E-state index in [1.54, 1.807) is 30.0 Å². The predicted octanol–water partition coefficient (Wildman–Crippen LogP) is 1.56. The Labute approximate surface area is 105 Å². The van der Waals surface area contributed by atoms with Crippen LogP contribution in [0.15, 0.2) is 18.2 Å². The second-order valence-electron chi connectivity index (χ2n) is 4.50. The molecule has 1 aliphatic heterocycles. The Balaban J connectivity index is 2.20. The summed E-state index contributed by atoms with van der Waals surface area (Å²) in [4.78, 5) is 13.7. The van der Waals surface area contributed by atoms with Gasteiger partial charge in [0.05, 0.1) is 31.4 Å². The molecule has 1 heterocycles. The highest BCUT2D eigenvalue weighted by atomic mass is 35.5. The first-order chi connectivity index (χ1) is 7.93. The Bertz CT molecular complexity index is 451. The van der Waals surface area contributed by atoms with Crippen molar-refractivity contribution in [1.82, 2.24) is 4.90 Å². The minimum atomic E-state index is -0.769. The summed E-state index contributed by atoms with van der Waals surface area (Å²) in [7, 11) is 1.49. The SMILES string of the molecule is COc1cc(Cl)ccc1C(=O)N1CC(C)(O)C1. The Morgan fingerprint density at radius 2 is 2.18 bits per heavy atom. The third-order valence-electron chi connectivity index (χ3n) is 2.74. The minimum Gasteiger partial charge on any atom is -0.496 e. The molecule has 0 radical (unpaired) electrons. The van der Waals surface area contributed by atoms with Crippen LogP contribution >= 0.6 is 11.6 Å². The number of β-amino-alcohol motifs (C(OH)–C–C–N with tert-alkyl or cyclic N) is 1. The summed E-state index contributed by atoms with van der Waals surface area (Å²) < 4.78 is 5.12. The maximum Gasteiger partial charge on any atom is 0.257 e. The average Bonchev–Trinajstić information content (AvgIpc) is 2.24. The Morgan fingerprint density at radius 3 is 2.71 bits per heavy atom. The summed E-state index contributed by atoms with van der Waals surface area (Å²) >= 11 is 5.83. The van der Waals surface area contributed by atoms with Crippen molar-refractivity contribution < 1.29 is 14.6 Å². The van der Waals surface area contributed by atoms with Crippen molar-refractivity contribution in [2.24, 2.45) is 0 Å². The molecular formula is C12H14ClNO3. The maximum atomic E-state index is 12.1. The van der Waals surface area contributed by atoms with E-state index in [9.17, 15) is 9.90 Å². The lowest BCUT2D eigenvalue weighted by Crippen LogP contribution is -2.61. The number of methoxy groups -OCH3 is 1. The van der Waals surface area contributed by atoms with E-state index < -0.39 is 5.60 Å². The number of rotatable bonds is 2. The number of aliphatic hydroxyl groups is 1. The van der Waals surface area contributed by atoms with Gasteiger partial charge in [-0.05, 0) is 25.1 Å². The number of benzene rings is 1. The van der Waals surface area contributed by atoms with Gasteiger partial charge >= 0.3 is 0 Å². The van der Waals surface area contributed by atoms with E-state index in [2.05, 4.69) is 0 Å². The number of carbonyl (C=O) groups excluding carboxylic acids is 1. The van der Waals surface area contributed by atoms with Crippen LogP contribution in [0.5, 0.6) is 5.75 Å². The third-order valence-corrected chi connectivity index (χ3v) is 2.98. The van der Waals surface area contributed by atoms with Crippen LogP contribution in [0.25, 0.3) is 0 Å². The molecule has 0 spiro atoms. The summed E-state index contributed by atoms with van der Waals surface area (Å²) in [5, 5.41) is 10.1. The predicted molar refractivity (Wildman–Crippen MR) is 64.5 cm³/mol. The first-order valence-electron chi connectivity index (χ1n) is 5.28. The van der Waals surface area contributed by atoms with Crippen LogP contribution in [0.3, 0.4) is 0 Å². The molecule has 1 saturated heterocycles. The molecule has 1 aliphatic rings. The summed E-state index contributed by atoms with van der Waals surface area (Å²) in [6, 6.07) is 4.89. The summed E-state index contributed by atoms with van der Waals surface area (Å²) in [5.74, 6) is 0.305. The van der Waals surface area contributed by atoms with Crippen LogP contribution in [0, 0.1) is 0 Å². The van der Waals surface area contributed by atoms with Crippen molar-refractivity contribution in [3.8, 4) is 5.75 Å². The molecule has 17 heavy (non-hydrogen) atoms. The highest BCUT2D eigenvalue weighted by molar-refractivity contribution is 6.30. The molecule has 4 nitrogen and oxygen atoms in total. The molecule has 1 N–H and O–H groups in total. The quantitative estimate of drug-likeness (QED) is 0.873. The largest absolute Gasteiger partial charge is 0.496 e. The zero-order valence-electron chi connectivity index (χ0n) is 9.74. The molecule has 2 rings (SSSR count). The maximum absolute atomic E-state index is 12.1. The van der Waals surface area contributed by atoms with Crippen LogP contribution in [0.1, 0.15) is 17.3 Å². The van der Waals surface area contributed by atoms with E-state index in [0.717, 1.165) is 0 Å². The lowest BCUT2D eigenvalue weighted by molar-refractivity contribution is -0.0669. The molecule has 0 atom stereocenters. The van der Waals surface area contributed by atoms with E-state index in [0.29, 0.717) is 29.4 Å². The zero-order chi connectivity index (χ0) is 12.6. The molecule has 1 aromatic carbocycles. The highest BCUT2D eigenvalue weighted by Gasteiger charge is 2.40. The number of amides is 1. The van der Waals surface area contributed by atoms with E-state index in [1.807, 2.05) is 0 Å². The van der Waals surface area contributed by atoms with Gasteiger partial charge in [0.1, 0.15) is 5.75 Å². The van der Waals surface area contributed by atoms with Gasteiger partial charge in [-0.15, -0.1) is 0 Å². The monoisotopic (exact) mass is 255 g/mol. The van der Waals surface area contributed by atoms with Gasteiger partial charge in [0.15, 0.2) is 0 Å². The smallest absolute Gasteiger partial charge is 0.257 e. The fourth-order valence-corrected chi connectivity index (χ4v) is 2.09. The number of hydrogen-bond donors (Lipinski definition) is 1. The Kier molecular flexibility index (Phi) is 3.02. The van der Waals surface area contributed by atoms with Crippen LogP contribution in [0.4, 0.5) is 0 Å². The lowest BCUT2D eigenvalue weighted by Gasteiger charge is -2.44. The van der Waals surface area contributed by atoms with Gasteiger partial charge < -0.3 is 14.7 Å². The first kappa shape index (κ1) is 12.2. The second kappa shape index (κ2) is 4.20. The fraction of sp³-hybridized carbons (Fsp3) is 0.417. The van der Waals surface area contributed by atoms with Gasteiger partial charge in [-0.3, -0.25) is 4.79 Å². The molecule has 0 aromatic heterocycles. The van der Waals surface area contributed by atoms with E-state index in [4.69, 9.17) is 16.3 Å². The molecule has 0 aliphatic carbocycles. The van der Waals surface area contributed by atoms with Crippen LogP contribution in [0.2, 0.25) is 5.02 Å². The normalized spacial score (nSPS) is 17.5. The van der Waals surface area contributed by atoms with Gasteiger partial charge in [0.25, 0.3) is 5.91 Å². The summed E-state index contributed by atoms with van der Waals surface area (Å²) in [6.45, 7) is 2.39. The van der Waals surface area contributed by atoms with Crippen molar-refractivity contribution in [1.29, 1.82) is 0 Å². The van der Waals surface area contributed by atoms with Crippen LogP contribution in [-0.2, 0) is 0 Å². The van der Waals surface area contributed by atoms with Crippen LogP contribution < -0.4 is 4.74 Å². The molecule has 1 amide bonds. The molecule has 0 unspecified atom stereocenters. The van der Waals surface area contributed by atoms with Gasteiger partial charge in [-0.25, -0.2) is 0 Å². The lowest BCUT2D eigenvalue weighted by atomic mass is 9.96. The topological polar surface area (TPSA) is 49.8 Å². The number of carbonyl (C=O) groups is 1. The molecule has 92 valence electrons. The van der Waals surface area contributed by atoms with Gasteiger partial charge in [-0.2, -0.15) is 0 Å². The van der Waals surface area contributed by atoms with Gasteiger partial charge in [0, 0.05) is 5.02 Å². The molecule has 0 bridgehead atoms. The molecule has 5 heteroatoms. The van der Waals surface area contributed by atoms with Gasteiger partial charge in [-0.1, -0.05) is 11.6 Å². The van der Waals surface area contributed by atoms with Crippen molar-refractivity contribution in [2.45, 2.75) is 12.5 Å². The van der Waals surface area contributed by atoms with Crippen molar-refractivity contribution >= 4 is 17.5 Å². The second-order valence-corrected chi connectivity index (χ2v) is 4.94. The standard InChI is InChI=1S/C12H14ClNO3/c1-12(16)6-14(7-12)11(15)9-4-3-8(13)5-10(9)17-2/h3-5,16H,6-7H2,1-2H3. The van der Waals surface area contributed by atoms with Crippen molar-refractivity contribution in [3.63, 3.8) is 0 Å². The van der Waals surface area contributed by atoms with Crippen LogP contribution in [-0.4, -0.2) is 41.7 Å². The fourth-order valence-electron chi connectivity index (χ4n) is 1.93. The van der Waals surface area contributed by atoms with Gasteiger partial charge in [0.2, 0.25) is 0 Å². The molecule has 1 fully saturated rings. The van der Waals surface area contributed by atoms with E-state index >= 15 is 0 Å². The number of ether oxygens (including phenoxy) is 1. The average molecular weight is 256 g/mol. The van der Waals surface area contributed by atoms with Crippen molar-refractivity contribution in [3.05, 3.63) is 28.8 Å². The Hall–Kier alpha value is -1.26. The number of likely N-dealkylation sites (tertiary alicyclic amines) is 1. The molecule has 1 aromatic rings. The zero-order valence-corrected chi connectivity index (χ0v) is 10.5. The highest BCUT2D eigenvalue weighted by Crippen LogP contribution is 2.28. The Morgan fingerprint density at radius 1 is 1.53 bits per heavy atom. The minimum absolute atomic E-state index is 0.148. The summed E-state index contributed by atoms with van der Waals surface area (Å²) in [6.07, 6.45) is 0. The van der Waals surface area contributed by atoms with E-state index in [-0.39, 0.29) is 5.91 Å². The number of nitrogens with zero attached hydrogens (tertiary/aromatic N) is 1. The summed E-state index contributed by atoms with van der Waals surface area (Å²) in [5.41, 5.74) is -0.303. The number of halogens is 1. The molecular weight excluding hydrogens is 242 g/mol. The first-order valence-corrected chi connectivity index (χ1v) is 5.66. The molecule has 0 saturated carbocycles. The third kappa shape index (κ3) is 2.37. The van der Waals surface area contributed by atoms with E-state index in [1.165, 1.54) is 7.11 Å². The number of hydrogen-bond acceptors (Lipinski definition) is 3.